The molecular weight excluding hydrogens is 278 g/mol. The number of piperidine rings is 1. The molecule has 1 aliphatic rings. The molecule has 0 radical (unpaired) electrons. The first kappa shape index (κ1) is 15.7. The van der Waals surface area contributed by atoms with Gasteiger partial charge in [-0.3, -0.25) is 4.79 Å². The third kappa shape index (κ3) is 3.91. The standard InChI is InChI=1S/C15H20F2N2O2/c1-2-10-9-19(8-7-13(10)18)14(20)11-3-5-12(6-4-11)21-15(16)17/h3-6,10,13,15H,2,7-9,18H2,1H3. The minimum absolute atomic E-state index is 0.0497. The number of hydrogen-bond acceptors (Lipinski definition) is 3. The lowest BCUT2D eigenvalue weighted by Crippen LogP contribution is -2.49. The van der Waals surface area contributed by atoms with Gasteiger partial charge in [0.1, 0.15) is 5.75 Å². The largest absolute Gasteiger partial charge is 0.435 e. The van der Waals surface area contributed by atoms with E-state index in [-0.39, 0.29) is 17.7 Å². The van der Waals surface area contributed by atoms with Crippen molar-refractivity contribution in [2.24, 2.45) is 11.7 Å². The minimum atomic E-state index is -2.86. The maximum Gasteiger partial charge on any atom is 0.387 e. The van der Waals surface area contributed by atoms with Crippen LogP contribution < -0.4 is 10.5 Å². The van der Waals surface area contributed by atoms with Crippen LogP contribution in [-0.4, -0.2) is 36.5 Å². The van der Waals surface area contributed by atoms with Crippen LogP contribution >= 0.6 is 0 Å². The van der Waals surface area contributed by atoms with Gasteiger partial charge in [-0.1, -0.05) is 13.3 Å². The predicted molar refractivity (Wildman–Crippen MR) is 75.4 cm³/mol. The van der Waals surface area contributed by atoms with E-state index in [0.717, 1.165) is 12.8 Å². The smallest absolute Gasteiger partial charge is 0.387 e. The van der Waals surface area contributed by atoms with Crippen molar-refractivity contribution in [3.8, 4) is 5.75 Å². The first-order chi connectivity index (χ1) is 10.0. The van der Waals surface area contributed by atoms with E-state index in [4.69, 9.17) is 5.73 Å². The number of halogens is 2. The highest BCUT2D eigenvalue weighted by Gasteiger charge is 2.28. The lowest BCUT2D eigenvalue weighted by Gasteiger charge is -2.36. The molecule has 1 heterocycles. The zero-order chi connectivity index (χ0) is 15.4. The maximum atomic E-state index is 12.4. The van der Waals surface area contributed by atoms with E-state index in [2.05, 4.69) is 11.7 Å². The van der Waals surface area contributed by atoms with Gasteiger partial charge in [0, 0.05) is 24.7 Å². The van der Waals surface area contributed by atoms with Crippen LogP contribution in [0, 0.1) is 5.92 Å². The molecule has 4 nitrogen and oxygen atoms in total. The molecule has 0 bridgehead atoms. The summed E-state index contributed by atoms with van der Waals surface area (Å²) in [5, 5.41) is 0. The zero-order valence-electron chi connectivity index (χ0n) is 12.0. The van der Waals surface area contributed by atoms with Crippen LogP contribution in [0.15, 0.2) is 24.3 Å². The Morgan fingerprint density at radius 2 is 2.10 bits per heavy atom. The summed E-state index contributed by atoms with van der Waals surface area (Å²) in [5.74, 6) is 0.265. The normalized spacial score (nSPS) is 22.4. The first-order valence-corrected chi connectivity index (χ1v) is 7.11. The number of carbonyl (C=O) groups is 1. The van der Waals surface area contributed by atoms with Crippen molar-refractivity contribution in [1.29, 1.82) is 0 Å². The minimum Gasteiger partial charge on any atom is -0.435 e. The molecule has 1 fully saturated rings. The SMILES string of the molecule is CCC1CN(C(=O)c2ccc(OC(F)F)cc2)CCC1N. The molecule has 1 saturated heterocycles. The third-order valence-electron chi connectivity index (χ3n) is 3.93. The molecule has 2 rings (SSSR count). The number of benzene rings is 1. The fourth-order valence-corrected chi connectivity index (χ4v) is 2.63. The molecule has 0 spiro atoms. The maximum absolute atomic E-state index is 12.4. The Morgan fingerprint density at radius 1 is 1.43 bits per heavy atom. The Morgan fingerprint density at radius 3 is 2.67 bits per heavy atom. The lowest BCUT2D eigenvalue weighted by molar-refractivity contribution is -0.0498. The van der Waals surface area contributed by atoms with Gasteiger partial charge in [0.05, 0.1) is 0 Å². The van der Waals surface area contributed by atoms with Crippen molar-refractivity contribution in [3.63, 3.8) is 0 Å². The second kappa shape index (κ2) is 6.85. The summed E-state index contributed by atoms with van der Waals surface area (Å²) in [6, 6.07) is 5.92. The fourth-order valence-electron chi connectivity index (χ4n) is 2.63. The number of amides is 1. The van der Waals surface area contributed by atoms with E-state index in [0.29, 0.717) is 24.6 Å². The first-order valence-electron chi connectivity index (χ1n) is 7.11. The van der Waals surface area contributed by atoms with Crippen LogP contribution in [-0.2, 0) is 0 Å². The van der Waals surface area contributed by atoms with Crippen LogP contribution in [0.1, 0.15) is 30.1 Å². The number of ether oxygens (including phenoxy) is 1. The van der Waals surface area contributed by atoms with Crippen molar-refractivity contribution < 1.29 is 18.3 Å². The molecule has 21 heavy (non-hydrogen) atoms. The lowest BCUT2D eigenvalue weighted by atomic mass is 9.90. The summed E-state index contributed by atoms with van der Waals surface area (Å²) in [6.45, 7) is 0.479. The monoisotopic (exact) mass is 298 g/mol. The van der Waals surface area contributed by atoms with Gasteiger partial charge in [-0.2, -0.15) is 8.78 Å². The van der Waals surface area contributed by atoms with Gasteiger partial charge in [-0.25, -0.2) is 0 Å². The third-order valence-corrected chi connectivity index (χ3v) is 3.93. The molecule has 1 aromatic carbocycles. The van der Waals surface area contributed by atoms with Gasteiger partial charge in [-0.15, -0.1) is 0 Å². The zero-order valence-corrected chi connectivity index (χ0v) is 12.0. The van der Waals surface area contributed by atoms with E-state index >= 15 is 0 Å². The molecule has 0 saturated carbocycles. The van der Waals surface area contributed by atoms with Crippen LogP contribution in [0.3, 0.4) is 0 Å². The quantitative estimate of drug-likeness (QED) is 0.929. The summed E-state index contributed by atoms with van der Waals surface area (Å²) in [4.78, 5) is 14.2. The molecule has 2 unspecified atom stereocenters. The number of nitrogens with two attached hydrogens (primary N) is 1. The molecule has 6 heteroatoms. The molecular formula is C15H20F2N2O2. The topological polar surface area (TPSA) is 55.6 Å². The average Bonchev–Trinajstić information content (AvgIpc) is 2.47. The number of carbonyl (C=O) groups excluding carboxylic acids is 1. The number of likely N-dealkylation sites (tertiary alicyclic amines) is 1. The molecule has 116 valence electrons. The summed E-state index contributed by atoms with van der Waals surface area (Å²) in [7, 11) is 0. The van der Waals surface area contributed by atoms with Crippen molar-refractivity contribution in [2.75, 3.05) is 13.1 Å². The Balaban J connectivity index is 2.02. The second-order valence-electron chi connectivity index (χ2n) is 5.27. The second-order valence-corrected chi connectivity index (χ2v) is 5.27. The van der Waals surface area contributed by atoms with Crippen LogP contribution in [0.4, 0.5) is 8.78 Å². The Bertz CT molecular complexity index is 479. The van der Waals surface area contributed by atoms with E-state index < -0.39 is 6.61 Å². The highest BCUT2D eigenvalue weighted by Crippen LogP contribution is 2.21. The Hall–Kier alpha value is -1.69. The number of hydrogen-bond donors (Lipinski definition) is 1. The van der Waals surface area contributed by atoms with Gasteiger partial charge in [0.15, 0.2) is 0 Å². The van der Waals surface area contributed by atoms with Crippen molar-refractivity contribution in [3.05, 3.63) is 29.8 Å². The molecule has 1 aromatic rings. The summed E-state index contributed by atoms with van der Waals surface area (Å²) >= 11 is 0. The van der Waals surface area contributed by atoms with Crippen molar-refractivity contribution in [1.82, 2.24) is 4.90 Å². The highest BCUT2D eigenvalue weighted by molar-refractivity contribution is 5.94. The van der Waals surface area contributed by atoms with Gasteiger partial charge < -0.3 is 15.4 Å². The molecule has 1 aliphatic heterocycles. The predicted octanol–water partition coefficient (Wildman–Crippen LogP) is 2.49. The Kier molecular flexibility index (Phi) is 5.12. The van der Waals surface area contributed by atoms with Gasteiger partial charge in [0.2, 0.25) is 0 Å². The van der Waals surface area contributed by atoms with Crippen LogP contribution in [0.25, 0.3) is 0 Å². The van der Waals surface area contributed by atoms with Gasteiger partial charge in [0.25, 0.3) is 5.91 Å². The molecule has 0 aliphatic carbocycles. The number of nitrogens with zero attached hydrogens (tertiary/aromatic N) is 1. The summed E-state index contributed by atoms with van der Waals surface area (Å²) < 4.78 is 28.4. The summed E-state index contributed by atoms with van der Waals surface area (Å²) in [5.41, 5.74) is 6.51. The van der Waals surface area contributed by atoms with Gasteiger partial charge >= 0.3 is 6.61 Å². The highest BCUT2D eigenvalue weighted by atomic mass is 19.3. The Labute approximate surface area is 122 Å². The van der Waals surface area contributed by atoms with Crippen molar-refractivity contribution in [2.45, 2.75) is 32.4 Å². The number of alkyl halides is 2. The van der Waals surface area contributed by atoms with Gasteiger partial charge in [-0.05, 0) is 36.6 Å². The fraction of sp³-hybridized carbons (Fsp3) is 0.533. The molecule has 2 N–H and O–H groups in total. The van der Waals surface area contributed by atoms with Crippen LogP contribution in [0.5, 0.6) is 5.75 Å². The van der Waals surface area contributed by atoms with Crippen molar-refractivity contribution >= 4 is 5.91 Å². The molecule has 2 atom stereocenters. The number of rotatable bonds is 4. The van der Waals surface area contributed by atoms with E-state index in [9.17, 15) is 13.6 Å². The summed E-state index contributed by atoms with van der Waals surface area (Å²) in [6.07, 6.45) is 1.73. The van der Waals surface area contributed by atoms with Crippen LogP contribution in [0.2, 0.25) is 0 Å². The van der Waals surface area contributed by atoms with E-state index in [1.54, 1.807) is 4.90 Å². The molecule has 1 amide bonds. The van der Waals surface area contributed by atoms with E-state index in [1.165, 1.54) is 24.3 Å². The van der Waals surface area contributed by atoms with E-state index in [1.807, 2.05) is 0 Å². The average molecular weight is 298 g/mol. The molecule has 0 aromatic heterocycles.